The molecule has 1 amide bonds. The molecule has 2 atom stereocenters. The maximum atomic E-state index is 13.9. The van der Waals surface area contributed by atoms with Crippen LogP contribution in [0.15, 0.2) is 35.2 Å². The van der Waals surface area contributed by atoms with Crippen molar-refractivity contribution < 1.29 is 32.2 Å². The summed E-state index contributed by atoms with van der Waals surface area (Å²) >= 11 is 0. The second-order valence-corrected chi connectivity index (χ2v) is 13.7. The summed E-state index contributed by atoms with van der Waals surface area (Å²) in [6.07, 6.45) is 3.91. The number of hydrogen-bond donors (Lipinski definition) is 0. The molecule has 5 rings (SSSR count). The molecule has 222 valence electrons. The molecule has 2 aromatic carbocycles. The standard InChI is InChI=1S/C32H36N2O7S/c1-8-9-23-21(3)28-25(27-24(23)16-19-33(27)42(37,38)22-12-10-20(2)11-13-22)14-17-32(40-28)18-15-26(29(35)39-7)34(32)30(36)41-31(4,5)6/h10-14,17,26H,15-16,18-19H2,1-7H3. The number of fused-ring (bicyclic) bond motifs is 3. The predicted molar refractivity (Wildman–Crippen MR) is 159 cm³/mol. The first kappa shape index (κ1) is 29.5. The van der Waals surface area contributed by atoms with E-state index in [0.29, 0.717) is 41.8 Å². The van der Waals surface area contributed by atoms with Crippen LogP contribution in [0.4, 0.5) is 10.5 Å². The van der Waals surface area contributed by atoms with E-state index >= 15 is 0 Å². The molecule has 0 aromatic heterocycles. The minimum Gasteiger partial charge on any atom is -0.467 e. The number of ether oxygens (including phenoxy) is 3. The molecule has 1 fully saturated rings. The average molecular weight is 593 g/mol. The van der Waals surface area contributed by atoms with Crippen molar-refractivity contribution in [3.05, 3.63) is 58.2 Å². The van der Waals surface area contributed by atoms with Crippen LogP contribution in [0.1, 0.15) is 68.4 Å². The van der Waals surface area contributed by atoms with Crippen LogP contribution in [0.5, 0.6) is 5.75 Å². The molecule has 0 aliphatic carbocycles. The summed E-state index contributed by atoms with van der Waals surface area (Å²) < 4.78 is 46.7. The number of likely N-dealkylation sites (tertiary alicyclic amines) is 1. The molecule has 0 saturated carbocycles. The van der Waals surface area contributed by atoms with E-state index in [-0.39, 0.29) is 11.4 Å². The number of aryl methyl sites for hydroxylation is 1. The molecule has 3 heterocycles. The molecule has 2 aromatic rings. The van der Waals surface area contributed by atoms with E-state index in [1.807, 2.05) is 13.8 Å². The summed E-state index contributed by atoms with van der Waals surface area (Å²) in [5, 5.41) is 0. The van der Waals surface area contributed by atoms with Gasteiger partial charge in [-0.25, -0.2) is 18.0 Å². The highest BCUT2D eigenvalue weighted by Crippen LogP contribution is 2.51. The lowest BCUT2D eigenvalue weighted by Gasteiger charge is -2.41. The molecule has 2 unspecified atom stereocenters. The van der Waals surface area contributed by atoms with Crippen molar-refractivity contribution in [3.63, 3.8) is 0 Å². The molecular formula is C32H36N2O7S. The number of esters is 1. The average Bonchev–Trinajstić information content (AvgIpc) is 3.53. The molecule has 9 nitrogen and oxygen atoms in total. The van der Waals surface area contributed by atoms with Crippen molar-refractivity contribution >= 4 is 33.8 Å². The topological polar surface area (TPSA) is 102 Å². The maximum Gasteiger partial charge on any atom is 0.414 e. The Labute approximate surface area is 247 Å². The fourth-order valence-electron chi connectivity index (χ4n) is 5.94. The number of rotatable bonds is 3. The molecule has 0 N–H and O–H groups in total. The highest BCUT2D eigenvalue weighted by atomic mass is 32.2. The van der Waals surface area contributed by atoms with Crippen LogP contribution >= 0.6 is 0 Å². The van der Waals surface area contributed by atoms with E-state index in [0.717, 1.165) is 16.7 Å². The summed E-state index contributed by atoms with van der Waals surface area (Å²) in [6, 6.07) is 5.86. The van der Waals surface area contributed by atoms with Gasteiger partial charge in [-0.2, -0.15) is 0 Å². The van der Waals surface area contributed by atoms with Gasteiger partial charge in [-0.3, -0.25) is 9.21 Å². The molecule has 42 heavy (non-hydrogen) atoms. The lowest BCUT2D eigenvalue weighted by molar-refractivity contribution is -0.149. The van der Waals surface area contributed by atoms with E-state index in [2.05, 4.69) is 11.8 Å². The lowest BCUT2D eigenvalue weighted by Crippen LogP contribution is -2.57. The van der Waals surface area contributed by atoms with Gasteiger partial charge in [0.1, 0.15) is 17.4 Å². The first-order valence-electron chi connectivity index (χ1n) is 13.9. The van der Waals surface area contributed by atoms with Gasteiger partial charge in [0.05, 0.1) is 17.7 Å². The molecule has 3 aliphatic heterocycles. The van der Waals surface area contributed by atoms with Crippen LogP contribution in [0.2, 0.25) is 0 Å². The molecule has 3 aliphatic rings. The highest BCUT2D eigenvalue weighted by molar-refractivity contribution is 7.92. The Morgan fingerprint density at radius 3 is 2.45 bits per heavy atom. The Kier molecular flexibility index (Phi) is 7.30. The molecule has 0 bridgehead atoms. The van der Waals surface area contributed by atoms with Crippen LogP contribution in [-0.2, 0) is 30.7 Å². The molecular weight excluding hydrogens is 556 g/mol. The summed E-state index contributed by atoms with van der Waals surface area (Å²) in [4.78, 5) is 27.9. The fourth-order valence-corrected chi connectivity index (χ4v) is 7.45. The van der Waals surface area contributed by atoms with Crippen molar-refractivity contribution in [2.24, 2.45) is 0 Å². The number of carbonyl (C=O) groups is 2. The zero-order valence-corrected chi connectivity index (χ0v) is 25.8. The van der Waals surface area contributed by atoms with Crippen LogP contribution in [-0.4, -0.2) is 56.4 Å². The SMILES string of the molecule is CC#Cc1c(C)c2c(c3c1CCN3S(=O)(=O)c1ccc(C)cc1)C=CC1(CCC(C(=O)OC)N1C(=O)OC(C)(C)C)O2. The third-order valence-electron chi connectivity index (χ3n) is 7.82. The van der Waals surface area contributed by atoms with Crippen LogP contribution in [0, 0.1) is 25.7 Å². The lowest BCUT2D eigenvalue weighted by atomic mass is 9.92. The monoisotopic (exact) mass is 592 g/mol. The quantitative estimate of drug-likeness (QED) is 0.361. The summed E-state index contributed by atoms with van der Waals surface area (Å²) in [5.74, 6) is 5.98. The zero-order valence-electron chi connectivity index (χ0n) is 25.0. The van der Waals surface area contributed by atoms with Gasteiger partial charge in [0, 0.05) is 29.7 Å². The Hall–Kier alpha value is -3.97. The number of hydrogen-bond acceptors (Lipinski definition) is 7. The number of carbonyl (C=O) groups excluding carboxylic acids is 2. The Bertz CT molecular complexity index is 1660. The third-order valence-corrected chi connectivity index (χ3v) is 9.64. The highest BCUT2D eigenvalue weighted by Gasteiger charge is 2.56. The third kappa shape index (κ3) is 4.79. The summed E-state index contributed by atoms with van der Waals surface area (Å²) in [7, 11) is -2.61. The number of amides is 1. The van der Waals surface area contributed by atoms with Gasteiger partial charge in [-0.05, 0) is 84.2 Å². The first-order valence-corrected chi connectivity index (χ1v) is 15.4. The predicted octanol–water partition coefficient (Wildman–Crippen LogP) is 5.10. The van der Waals surface area contributed by atoms with Crippen molar-refractivity contribution in [1.82, 2.24) is 4.90 Å². The zero-order chi connectivity index (χ0) is 30.6. The summed E-state index contributed by atoms with van der Waals surface area (Å²) in [5.41, 5.74) is 2.18. The van der Waals surface area contributed by atoms with E-state index < -0.39 is 39.5 Å². The van der Waals surface area contributed by atoms with Gasteiger partial charge in [-0.15, -0.1) is 5.92 Å². The second-order valence-electron chi connectivity index (χ2n) is 11.8. The van der Waals surface area contributed by atoms with Crippen molar-refractivity contribution in [2.45, 2.75) is 83.1 Å². The van der Waals surface area contributed by atoms with E-state index in [1.54, 1.807) is 64.1 Å². The Morgan fingerprint density at radius 1 is 1.14 bits per heavy atom. The van der Waals surface area contributed by atoms with Crippen molar-refractivity contribution in [1.29, 1.82) is 0 Å². The molecule has 1 saturated heterocycles. The number of methoxy groups -OCH3 is 1. The number of sulfonamides is 1. The smallest absolute Gasteiger partial charge is 0.414 e. The Balaban J connectivity index is 1.67. The van der Waals surface area contributed by atoms with Gasteiger partial charge >= 0.3 is 12.1 Å². The molecule has 1 spiro atoms. The first-order chi connectivity index (χ1) is 19.7. The van der Waals surface area contributed by atoms with E-state index in [4.69, 9.17) is 14.2 Å². The van der Waals surface area contributed by atoms with Gasteiger partial charge in [-0.1, -0.05) is 23.6 Å². The number of benzene rings is 2. The minimum absolute atomic E-state index is 0.198. The Morgan fingerprint density at radius 2 is 1.83 bits per heavy atom. The maximum absolute atomic E-state index is 13.9. The van der Waals surface area contributed by atoms with Gasteiger partial charge in [0.15, 0.2) is 0 Å². The number of anilines is 1. The second kappa shape index (κ2) is 10.4. The van der Waals surface area contributed by atoms with Gasteiger partial charge in [0.25, 0.3) is 10.0 Å². The summed E-state index contributed by atoms with van der Waals surface area (Å²) in [6.45, 7) is 11.0. The van der Waals surface area contributed by atoms with E-state index in [1.165, 1.54) is 16.3 Å². The van der Waals surface area contributed by atoms with Gasteiger partial charge < -0.3 is 14.2 Å². The molecule has 10 heteroatoms. The van der Waals surface area contributed by atoms with Crippen LogP contribution in [0.25, 0.3) is 6.08 Å². The normalized spacial score (nSPS) is 20.9. The fraction of sp³-hybridized carbons (Fsp3) is 0.438. The molecule has 0 radical (unpaired) electrons. The van der Waals surface area contributed by atoms with E-state index in [9.17, 15) is 18.0 Å². The van der Waals surface area contributed by atoms with Crippen molar-refractivity contribution in [3.8, 4) is 17.6 Å². The largest absolute Gasteiger partial charge is 0.467 e. The van der Waals surface area contributed by atoms with Gasteiger partial charge in [0.2, 0.25) is 5.72 Å². The number of nitrogens with zero attached hydrogens (tertiary/aromatic N) is 2. The minimum atomic E-state index is -3.89. The van der Waals surface area contributed by atoms with Crippen LogP contribution < -0.4 is 9.04 Å². The van der Waals surface area contributed by atoms with Crippen molar-refractivity contribution in [2.75, 3.05) is 18.0 Å². The van der Waals surface area contributed by atoms with Crippen LogP contribution in [0.3, 0.4) is 0 Å².